The molecule has 0 amide bonds. The molecule has 0 radical (unpaired) electrons. The number of aryl methyl sites for hydroxylation is 1. The third-order valence-electron chi connectivity index (χ3n) is 2.90. The van der Waals surface area contributed by atoms with Crippen LogP contribution in [-0.2, 0) is 23.1 Å². The molecule has 0 fully saturated rings. The van der Waals surface area contributed by atoms with Crippen molar-refractivity contribution in [1.82, 2.24) is 15.0 Å². The number of aromatic nitrogens is 1. The molecule has 0 saturated carbocycles. The molecule has 21 heavy (non-hydrogen) atoms. The molecule has 0 spiro atoms. The number of nitrogens with one attached hydrogen (secondary N) is 2. The zero-order valence-electron chi connectivity index (χ0n) is 12.0. The molecule has 116 valence electrons. The van der Waals surface area contributed by atoms with Gasteiger partial charge in [-0.1, -0.05) is 6.92 Å². The Bertz CT molecular complexity index is 663. The first kappa shape index (κ1) is 16.6. The highest BCUT2D eigenvalue weighted by Gasteiger charge is 2.18. The molecule has 0 aromatic carbocycles. The van der Waals surface area contributed by atoms with E-state index in [0.29, 0.717) is 10.8 Å². The van der Waals surface area contributed by atoms with Gasteiger partial charge in [0.05, 0.1) is 17.7 Å². The van der Waals surface area contributed by atoms with Gasteiger partial charge < -0.3 is 5.32 Å². The maximum Gasteiger partial charge on any atom is 0.250 e. The van der Waals surface area contributed by atoms with Crippen molar-refractivity contribution in [3.63, 3.8) is 0 Å². The van der Waals surface area contributed by atoms with Gasteiger partial charge >= 0.3 is 0 Å². The minimum atomic E-state index is -3.46. The number of rotatable bonds is 8. The lowest BCUT2D eigenvalue weighted by Crippen LogP contribution is -2.22. The van der Waals surface area contributed by atoms with Gasteiger partial charge in [0, 0.05) is 16.8 Å². The number of nitrogens with zero attached hydrogens (tertiary/aromatic N) is 1. The zero-order valence-corrected chi connectivity index (χ0v) is 14.5. The van der Waals surface area contributed by atoms with E-state index in [1.54, 1.807) is 11.6 Å². The summed E-state index contributed by atoms with van der Waals surface area (Å²) >= 11 is 2.78. The van der Waals surface area contributed by atoms with E-state index in [-0.39, 0.29) is 6.54 Å². The van der Waals surface area contributed by atoms with Gasteiger partial charge in [0.1, 0.15) is 4.21 Å². The fourth-order valence-corrected chi connectivity index (χ4v) is 4.90. The molecular formula is C13H19N3O2S3. The van der Waals surface area contributed by atoms with Crippen LogP contribution in [0, 0.1) is 6.92 Å². The Morgan fingerprint density at radius 1 is 1.33 bits per heavy atom. The summed E-state index contributed by atoms with van der Waals surface area (Å²) in [7, 11) is -3.46. The monoisotopic (exact) mass is 345 g/mol. The molecule has 2 aromatic rings. The second-order valence-corrected chi connectivity index (χ2v) is 8.50. The van der Waals surface area contributed by atoms with Gasteiger partial charge in [0.2, 0.25) is 10.0 Å². The van der Waals surface area contributed by atoms with Crippen molar-refractivity contribution in [2.75, 3.05) is 6.54 Å². The van der Waals surface area contributed by atoms with Crippen molar-refractivity contribution in [2.45, 2.75) is 37.6 Å². The summed E-state index contributed by atoms with van der Waals surface area (Å²) in [6.45, 7) is 5.92. The lowest BCUT2D eigenvalue weighted by molar-refractivity contribution is 0.582. The van der Waals surface area contributed by atoms with Crippen LogP contribution in [0.5, 0.6) is 0 Å². The van der Waals surface area contributed by atoms with Gasteiger partial charge in [-0.05, 0) is 31.5 Å². The number of thiazole rings is 1. The summed E-state index contributed by atoms with van der Waals surface area (Å²) in [6.07, 6.45) is 1.06. The molecule has 0 saturated heterocycles. The maximum absolute atomic E-state index is 12.3. The van der Waals surface area contributed by atoms with Crippen molar-refractivity contribution < 1.29 is 8.42 Å². The predicted octanol–water partition coefficient (Wildman–Crippen LogP) is 2.49. The molecule has 0 aliphatic carbocycles. The Balaban J connectivity index is 2.04. The molecule has 0 aliphatic heterocycles. The highest BCUT2D eigenvalue weighted by atomic mass is 32.2. The highest BCUT2D eigenvalue weighted by Crippen LogP contribution is 2.26. The molecule has 8 heteroatoms. The summed E-state index contributed by atoms with van der Waals surface area (Å²) in [5, 5.41) is 5.13. The second kappa shape index (κ2) is 7.46. The molecule has 5 nitrogen and oxygen atoms in total. The molecule has 2 aromatic heterocycles. The average Bonchev–Trinajstić information content (AvgIpc) is 3.07. The van der Waals surface area contributed by atoms with Crippen LogP contribution in [0.25, 0.3) is 0 Å². The Morgan fingerprint density at radius 2 is 2.14 bits per heavy atom. The molecular weight excluding hydrogens is 326 g/mol. The van der Waals surface area contributed by atoms with Crippen molar-refractivity contribution in [3.05, 3.63) is 33.1 Å². The second-order valence-electron chi connectivity index (χ2n) is 4.65. The Labute approximate surface area is 133 Å². The van der Waals surface area contributed by atoms with E-state index >= 15 is 0 Å². The molecule has 0 unspecified atom stereocenters. The quantitative estimate of drug-likeness (QED) is 0.721. The van der Waals surface area contributed by atoms with Crippen molar-refractivity contribution >= 4 is 32.7 Å². The summed E-state index contributed by atoms with van der Waals surface area (Å²) < 4.78 is 27.5. The van der Waals surface area contributed by atoms with Gasteiger partial charge in [-0.2, -0.15) is 0 Å². The van der Waals surface area contributed by atoms with Crippen LogP contribution in [-0.4, -0.2) is 19.9 Å². The smallest absolute Gasteiger partial charge is 0.250 e. The van der Waals surface area contributed by atoms with E-state index in [9.17, 15) is 8.42 Å². The largest absolute Gasteiger partial charge is 0.312 e. The fourth-order valence-electron chi connectivity index (χ4n) is 1.74. The van der Waals surface area contributed by atoms with Crippen molar-refractivity contribution in [3.8, 4) is 0 Å². The first-order chi connectivity index (χ1) is 10.0. The summed E-state index contributed by atoms with van der Waals surface area (Å²) in [6, 6.07) is 1.73. The van der Waals surface area contributed by atoms with Gasteiger partial charge in [0.25, 0.3) is 0 Å². The average molecular weight is 346 g/mol. The zero-order chi connectivity index (χ0) is 15.3. The van der Waals surface area contributed by atoms with Crippen LogP contribution in [0.4, 0.5) is 0 Å². The third-order valence-corrected chi connectivity index (χ3v) is 6.65. The minimum absolute atomic E-state index is 0.228. The topological polar surface area (TPSA) is 71.1 Å². The standard InChI is InChI=1S/C13H19N3O2S3/c1-3-4-14-7-12-10(2)5-13(20-12)21(17,18)16-6-11-8-19-9-15-11/h5,8-9,14,16H,3-4,6-7H2,1-2H3. The summed E-state index contributed by atoms with van der Waals surface area (Å²) in [4.78, 5) is 5.14. The first-order valence-electron chi connectivity index (χ1n) is 6.69. The molecule has 0 aliphatic rings. The lowest BCUT2D eigenvalue weighted by Gasteiger charge is -2.02. The van der Waals surface area contributed by atoms with Crippen LogP contribution in [0.3, 0.4) is 0 Å². The van der Waals surface area contributed by atoms with Gasteiger partial charge in [-0.15, -0.1) is 22.7 Å². The highest BCUT2D eigenvalue weighted by molar-refractivity contribution is 7.91. The van der Waals surface area contributed by atoms with Gasteiger partial charge in [0.15, 0.2) is 0 Å². The van der Waals surface area contributed by atoms with Crippen LogP contribution in [0.15, 0.2) is 21.2 Å². The van der Waals surface area contributed by atoms with Crippen molar-refractivity contribution in [2.24, 2.45) is 0 Å². The lowest BCUT2D eigenvalue weighted by atomic mass is 10.3. The van der Waals surface area contributed by atoms with E-state index < -0.39 is 10.0 Å². The molecule has 0 bridgehead atoms. The number of hydrogen-bond donors (Lipinski definition) is 2. The maximum atomic E-state index is 12.3. The number of sulfonamides is 1. The predicted molar refractivity (Wildman–Crippen MR) is 87.2 cm³/mol. The normalized spacial score (nSPS) is 11.9. The summed E-state index contributed by atoms with van der Waals surface area (Å²) in [5.74, 6) is 0. The Morgan fingerprint density at radius 3 is 2.81 bits per heavy atom. The Kier molecular flexibility index (Phi) is 5.88. The van der Waals surface area contributed by atoms with E-state index in [4.69, 9.17) is 0 Å². The van der Waals surface area contributed by atoms with Gasteiger partial charge in [-0.3, -0.25) is 0 Å². The van der Waals surface area contributed by atoms with E-state index in [0.717, 1.165) is 29.1 Å². The van der Waals surface area contributed by atoms with E-state index in [1.165, 1.54) is 22.7 Å². The minimum Gasteiger partial charge on any atom is -0.312 e. The number of hydrogen-bond acceptors (Lipinski definition) is 6. The van der Waals surface area contributed by atoms with Crippen LogP contribution in [0.1, 0.15) is 29.5 Å². The third kappa shape index (κ3) is 4.58. The Hall–Kier alpha value is -0.800. The first-order valence-corrected chi connectivity index (χ1v) is 9.94. The van der Waals surface area contributed by atoms with E-state index in [1.807, 2.05) is 12.3 Å². The van der Waals surface area contributed by atoms with Crippen molar-refractivity contribution in [1.29, 1.82) is 0 Å². The summed E-state index contributed by atoms with van der Waals surface area (Å²) in [5.41, 5.74) is 3.44. The number of thiophene rings is 1. The fraction of sp³-hybridized carbons (Fsp3) is 0.462. The molecule has 2 heterocycles. The van der Waals surface area contributed by atoms with Crippen LogP contribution >= 0.6 is 22.7 Å². The molecule has 2 N–H and O–H groups in total. The van der Waals surface area contributed by atoms with Crippen LogP contribution in [0.2, 0.25) is 0 Å². The molecule has 0 atom stereocenters. The molecule has 2 rings (SSSR count). The SMILES string of the molecule is CCCNCc1sc(S(=O)(=O)NCc2cscn2)cc1C. The van der Waals surface area contributed by atoms with E-state index in [2.05, 4.69) is 21.9 Å². The van der Waals surface area contributed by atoms with Crippen LogP contribution < -0.4 is 10.0 Å². The van der Waals surface area contributed by atoms with Gasteiger partial charge in [-0.25, -0.2) is 18.1 Å².